The normalized spacial score (nSPS) is 12.8. The highest BCUT2D eigenvalue weighted by Gasteiger charge is 2.31. The van der Waals surface area contributed by atoms with Gasteiger partial charge in [-0.05, 0) is 41.0 Å². The number of hydrogen-bond acceptors (Lipinski definition) is 3. The van der Waals surface area contributed by atoms with Crippen LogP contribution in [0.5, 0.6) is 0 Å². The molecule has 0 radical (unpaired) electrons. The fraction of sp³-hybridized carbons (Fsp3) is 0.0909. The lowest BCUT2D eigenvalue weighted by Gasteiger charge is -2.20. The number of anilines is 1. The van der Waals surface area contributed by atoms with E-state index in [0.717, 1.165) is 21.2 Å². The third-order valence-electron chi connectivity index (χ3n) is 4.68. The van der Waals surface area contributed by atoms with Gasteiger partial charge in [-0.2, -0.15) is 0 Å². The van der Waals surface area contributed by atoms with Crippen molar-refractivity contribution >= 4 is 33.5 Å². The highest BCUT2D eigenvalue weighted by atomic mass is 79.9. The third kappa shape index (κ3) is 3.15. The van der Waals surface area contributed by atoms with E-state index in [0.29, 0.717) is 23.4 Å². The van der Waals surface area contributed by atoms with E-state index in [1.165, 1.54) is 7.11 Å². The van der Waals surface area contributed by atoms with Crippen molar-refractivity contribution < 1.29 is 14.3 Å². The van der Waals surface area contributed by atoms with Gasteiger partial charge < -0.3 is 9.64 Å². The molecule has 1 amide bonds. The lowest BCUT2D eigenvalue weighted by Crippen LogP contribution is -2.25. The molecule has 0 saturated carbocycles. The number of amides is 1. The second kappa shape index (κ2) is 7.00. The number of carbonyl (C=O) groups excluding carboxylic acids is 2. The van der Waals surface area contributed by atoms with Crippen LogP contribution in [0, 0.1) is 0 Å². The Hall–Kier alpha value is -2.92. The number of methoxy groups -OCH3 is 1. The summed E-state index contributed by atoms with van der Waals surface area (Å²) in [5.74, 6) is -0.587. The average Bonchev–Trinajstić information content (AvgIpc) is 3.03. The first kappa shape index (κ1) is 17.5. The van der Waals surface area contributed by atoms with Gasteiger partial charge in [0.1, 0.15) is 0 Å². The predicted molar refractivity (Wildman–Crippen MR) is 108 cm³/mol. The fourth-order valence-corrected chi connectivity index (χ4v) is 3.68. The fourth-order valence-electron chi connectivity index (χ4n) is 3.32. The quantitative estimate of drug-likeness (QED) is 0.555. The molecule has 27 heavy (non-hydrogen) atoms. The monoisotopic (exact) mass is 421 g/mol. The molecule has 0 aliphatic carbocycles. The molecule has 0 spiro atoms. The van der Waals surface area contributed by atoms with Crippen molar-refractivity contribution in [3.63, 3.8) is 0 Å². The Morgan fingerprint density at radius 3 is 2.52 bits per heavy atom. The summed E-state index contributed by atoms with van der Waals surface area (Å²) in [6, 6.07) is 21.0. The lowest BCUT2D eigenvalue weighted by molar-refractivity contribution is 0.0601. The van der Waals surface area contributed by atoms with Gasteiger partial charge in [-0.1, -0.05) is 58.4 Å². The van der Waals surface area contributed by atoms with E-state index < -0.39 is 5.97 Å². The molecule has 0 N–H and O–H groups in total. The van der Waals surface area contributed by atoms with Gasteiger partial charge in [0.15, 0.2) is 0 Å². The first-order chi connectivity index (χ1) is 13.1. The lowest BCUT2D eigenvalue weighted by atomic mass is 10.0. The van der Waals surface area contributed by atoms with Crippen molar-refractivity contribution in [3.8, 4) is 11.1 Å². The van der Waals surface area contributed by atoms with Crippen LogP contribution in [0.15, 0.2) is 71.2 Å². The van der Waals surface area contributed by atoms with Crippen molar-refractivity contribution in [2.24, 2.45) is 0 Å². The van der Waals surface area contributed by atoms with Crippen LogP contribution in [-0.2, 0) is 11.3 Å². The van der Waals surface area contributed by atoms with E-state index in [-0.39, 0.29) is 5.91 Å². The van der Waals surface area contributed by atoms with E-state index in [1.54, 1.807) is 11.0 Å². The Kier molecular flexibility index (Phi) is 4.54. The Bertz CT molecular complexity index is 1050. The first-order valence-corrected chi connectivity index (χ1v) is 9.26. The second-order valence-corrected chi connectivity index (χ2v) is 7.20. The van der Waals surface area contributed by atoms with Crippen molar-refractivity contribution in [2.75, 3.05) is 12.0 Å². The SMILES string of the molecule is COC(=O)c1ccc(-c2ccccc2)cc1N1Cc2ccc(Br)cc2C1=O. The standard InChI is InChI=1S/C22H16BrNO3/c1-27-22(26)18-10-8-15(14-5-3-2-4-6-14)11-20(18)24-13-16-7-9-17(23)12-19(16)21(24)25/h2-12H,13H2,1H3. The minimum Gasteiger partial charge on any atom is -0.465 e. The van der Waals surface area contributed by atoms with Gasteiger partial charge in [-0.15, -0.1) is 0 Å². The zero-order valence-corrected chi connectivity index (χ0v) is 16.2. The predicted octanol–water partition coefficient (Wildman–Crippen LogP) is 5.06. The molecular weight excluding hydrogens is 406 g/mol. The molecule has 0 unspecified atom stereocenters. The molecule has 0 aromatic heterocycles. The number of ether oxygens (including phenoxy) is 1. The number of carbonyl (C=O) groups is 2. The number of hydrogen-bond donors (Lipinski definition) is 0. The van der Waals surface area contributed by atoms with Gasteiger partial charge in [0.05, 0.1) is 24.9 Å². The van der Waals surface area contributed by atoms with Gasteiger partial charge >= 0.3 is 5.97 Å². The van der Waals surface area contributed by atoms with Crippen molar-refractivity contribution in [2.45, 2.75) is 6.54 Å². The Morgan fingerprint density at radius 1 is 1.00 bits per heavy atom. The van der Waals surface area contributed by atoms with Gasteiger partial charge in [-0.3, -0.25) is 4.79 Å². The summed E-state index contributed by atoms with van der Waals surface area (Å²) in [6.07, 6.45) is 0. The van der Waals surface area contributed by atoms with Crippen molar-refractivity contribution in [1.82, 2.24) is 0 Å². The van der Waals surface area contributed by atoms with E-state index >= 15 is 0 Å². The van der Waals surface area contributed by atoms with Crippen LogP contribution in [0.3, 0.4) is 0 Å². The van der Waals surface area contributed by atoms with Crippen LogP contribution in [-0.4, -0.2) is 19.0 Å². The maximum Gasteiger partial charge on any atom is 0.339 e. The molecular formula is C22H16BrNO3. The molecule has 4 nitrogen and oxygen atoms in total. The molecule has 1 aliphatic rings. The summed E-state index contributed by atoms with van der Waals surface area (Å²) in [5.41, 5.74) is 4.46. The minimum atomic E-state index is -0.463. The molecule has 4 rings (SSSR count). The number of nitrogens with zero attached hydrogens (tertiary/aromatic N) is 1. The second-order valence-electron chi connectivity index (χ2n) is 6.28. The van der Waals surface area contributed by atoms with Crippen LogP contribution in [0.1, 0.15) is 26.3 Å². The van der Waals surface area contributed by atoms with Crippen LogP contribution in [0.25, 0.3) is 11.1 Å². The number of halogens is 1. The van der Waals surface area contributed by atoms with Crippen LogP contribution in [0.2, 0.25) is 0 Å². The van der Waals surface area contributed by atoms with Gasteiger partial charge in [0, 0.05) is 10.0 Å². The molecule has 134 valence electrons. The van der Waals surface area contributed by atoms with Crippen LogP contribution < -0.4 is 4.90 Å². The van der Waals surface area contributed by atoms with Gasteiger partial charge in [-0.25, -0.2) is 4.79 Å². The summed E-state index contributed by atoms with van der Waals surface area (Å²) < 4.78 is 5.78. The van der Waals surface area contributed by atoms with Gasteiger partial charge in [0.2, 0.25) is 0 Å². The molecule has 3 aromatic rings. The topological polar surface area (TPSA) is 46.6 Å². The Morgan fingerprint density at radius 2 is 1.78 bits per heavy atom. The van der Waals surface area contributed by atoms with Crippen LogP contribution in [0.4, 0.5) is 5.69 Å². The molecule has 0 saturated heterocycles. The summed E-state index contributed by atoms with van der Waals surface area (Å²) in [5, 5.41) is 0. The number of benzene rings is 3. The number of esters is 1. The highest BCUT2D eigenvalue weighted by molar-refractivity contribution is 9.10. The van der Waals surface area contributed by atoms with Crippen LogP contribution >= 0.6 is 15.9 Å². The maximum atomic E-state index is 13.0. The molecule has 0 atom stereocenters. The van der Waals surface area contributed by atoms with Gasteiger partial charge in [0.25, 0.3) is 5.91 Å². The summed E-state index contributed by atoms with van der Waals surface area (Å²) in [7, 11) is 1.34. The number of rotatable bonds is 3. The molecule has 0 fully saturated rings. The van der Waals surface area contributed by atoms with E-state index in [4.69, 9.17) is 4.74 Å². The summed E-state index contributed by atoms with van der Waals surface area (Å²) in [6.45, 7) is 0.420. The third-order valence-corrected chi connectivity index (χ3v) is 5.17. The molecule has 3 aromatic carbocycles. The first-order valence-electron chi connectivity index (χ1n) is 8.46. The largest absolute Gasteiger partial charge is 0.465 e. The molecule has 0 bridgehead atoms. The number of fused-ring (bicyclic) bond motifs is 1. The molecule has 5 heteroatoms. The highest BCUT2D eigenvalue weighted by Crippen LogP contribution is 2.35. The van der Waals surface area contributed by atoms with E-state index in [2.05, 4.69) is 15.9 Å². The maximum absolute atomic E-state index is 13.0. The minimum absolute atomic E-state index is 0.123. The summed E-state index contributed by atoms with van der Waals surface area (Å²) in [4.78, 5) is 27.0. The zero-order chi connectivity index (χ0) is 19.0. The molecule has 1 aliphatic heterocycles. The van der Waals surface area contributed by atoms with E-state index in [1.807, 2.05) is 60.7 Å². The van der Waals surface area contributed by atoms with Crippen molar-refractivity contribution in [1.29, 1.82) is 0 Å². The summed E-state index contributed by atoms with van der Waals surface area (Å²) >= 11 is 3.41. The Labute approximate surface area is 165 Å². The molecule has 1 heterocycles. The zero-order valence-electron chi connectivity index (χ0n) is 14.6. The van der Waals surface area contributed by atoms with Crippen molar-refractivity contribution in [3.05, 3.63) is 87.9 Å². The Balaban J connectivity index is 1.83. The van der Waals surface area contributed by atoms with E-state index in [9.17, 15) is 9.59 Å². The smallest absolute Gasteiger partial charge is 0.339 e. The average molecular weight is 422 g/mol.